The molecular weight excluding hydrogens is 568 g/mol. The van der Waals surface area contributed by atoms with Crippen molar-refractivity contribution in [2.24, 2.45) is 7.05 Å². The number of benzene rings is 2. The summed E-state index contributed by atoms with van der Waals surface area (Å²) in [5, 5.41) is 3.66. The van der Waals surface area contributed by atoms with Gasteiger partial charge in [0.15, 0.2) is 0 Å². The van der Waals surface area contributed by atoms with Crippen LogP contribution in [-0.2, 0) is 20.0 Å². The first-order valence-electron chi connectivity index (χ1n) is 17.6. The first-order valence-corrected chi connectivity index (χ1v) is 17.6. The summed E-state index contributed by atoms with van der Waals surface area (Å²) < 4.78 is 7.87. The van der Waals surface area contributed by atoms with E-state index in [1.807, 2.05) is 20.2 Å². The monoisotopic (exact) mass is 622 g/mol. The van der Waals surface area contributed by atoms with E-state index < -0.39 is 0 Å². The van der Waals surface area contributed by atoms with Gasteiger partial charge in [-0.1, -0.05) is 51.1 Å². The summed E-state index contributed by atoms with van der Waals surface area (Å²) in [4.78, 5) is 18.1. The quantitative estimate of drug-likeness (QED) is 0.268. The highest BCUT2D eigenvalue weighted by atomic mass is 16.5. The van der Waals surface area contributed by atoms with Crippen LogP contribution in [0.1, 0.15) is 104 Å². The highest BCUT2D eigenvalue weighted by Crippen LogP contribution is 2.49. The molecule has 1 spiro atoms. The van der Waals surface area contributed by atoms with Gasteiger partial charge in [0.05, 0.1) is 12.6 Å². The molecule has 6 heteroatoms. The Labute approximate surface area is 276 Å². The second-order valence-corrected chi connectivity index (χ2v) is 14.1. The van der Waals surface area contributed by atoms with Gasteiger partial charge in [0.1, 0.15) is 5.75 Å². The Bertz CT molecular complexity index is 1700. The number of hydrogen-bond donors (Lipinski definition) is 1. The van der Waals surface area contributed by atoms with E-state index >= 15 is 0 Å². The lowest BCUT2D eigenvalue weighted by Crippen LogP contribution is -2.53. The van der Waals surface area contributed by atoms with Gasteiger partial charge in [-0.05, 0) is 99.2 Å². The zero-order chi connectivity index (χ0) is 32.7. The van der Waals surface area contributed by atoms with Crippen LogP contribution in [0.2, 0.25) is 0 Å². The summed E-state index contributed by atoms with van der Waals surface area (Å²) in [6.07, 6.45) is 10.2. The normalized spacial score (nSPS) is 20.1. The standard InChI is InChI=1S/C40H54N4O2/c1-9-12-37(33-14-11-13-31-29(6)41-18-15-32(31)33)44-20-19-43(25-40(44)16-17-40)24-36-34(26(3)10-2)21-30(22-38(36)46-8)35-23-42(7)39(45)28(5)27(35)4/h11-14,21-23,26,29,41H,9-10,15-20,24-25H2,1-8H3/b37-12+. The number of ether oxygens (including phenoxy) is 1. The predicted molar refractivity (Wildman–Crippen MR) is 191 cm³/mol. The zero-order valence-electron chi connectivity index (χ0n) is 29.4. The lowest BCUT2D eigenvalue weighted by atomic mass is 9.87. The fourth-order valence-electron chi connectivity index (χ4n) is 8.08. The number of aromatic nitrogens is 1. The van der Waals surface area contributed by atoms with Gasteiger partial charge in [0.25, 0.3) is 5.56 Å². The highest BCUT2D eigenvalue weighted by Gasteiger charge is 2.52. The number of allylic oxidation sites excluding steroid dienone is 1. The summed E-state index contributed by atoms with van der Waals surface area (Å²) in [6.45, 7) is 18.3. The smallest absolute Gasteiger partial charge is 0.253 e. The molecule has 246 valence electrons. The van der Waals surface area contributed by atoms with Crippen LogP contribution in [0.25, 0.3) is 16.8 Å². The molecule has 6 nitrogen and oxygen atoms in total. The van der Waals surface area contributed by atoms with E-state index in [1.165, 1.54) is 40.8 Å². The van der Waals surface area contributed by atoms with Gasteiger partial charge in [0.2, 0.25) is 0 Å². The maximum atomic E-state index is 12.6. The first-order chi connectivity index (χ1) is 22.1. The molecule has 46 heavy (non-hydrogen) atoms. The van der Waals surface area contributed by atoms with Crippen molar-refractivity contribution in [3.8, 4) is 16.9 Å². The summed E-state index contributed by atoms with van der Waals surface area (Å²) >= 11 is 0. The fraction of sp³-hybridized carbons (Fsp3) is 0.525. The van der Waals surface area contributed by atoms with Gasteiger partial charge in [-0.25, -0.2) is 0 Å². The number of pyridine rings is 1. The van der Waals surface area contributed by atoms with E-state index in [0.717, 1.165) is 80.0 Å². The Morgan fingerprint density at radius 3 is 2.63 bits per heavy atom. The third-order valence-corrected chi connectivity index (χ3v) is 11.3. The number of methoxy groups -OCH3 is 1. The lowest BCUT2D eigenvalue weighted by Gasteiger charge is -2.46. The summed E-state index contributed by atoms with van der Waals surface area (Å²) in [6, 6.07) is 11.9. The molecule has 3 heterocycles. The Hall–Kier alpha value is -3.35. The topological polar surface area (TPSA) is 49.7 Å². The van der Waals surface area contributed by atoms with E-state index in [2.05, 4.69) is 86.1 Å². The average Bonchev–Trinajstić information content (AvgIpc) is 3.83. The van der Waals surface area contributed by atoms with Crippen molar-refractivity contribution in [1.82, 2.24) is 19.7 Å². The van der Waals surface area contributed by atoms with Crippen LogP contribution in [-0.4, -0.2) is 53.2 Å². The first kappa shape index (κ1) is 32.6. The van der Waals surface area contributed by atoms with Crippen LogP contribution in [0, 0.1) is 13.8 Å². The van der Waals surface area contributed by atoms with Crippen molar-refractivity contribution in [3.63, 3.8) is 0 Å². The van der Waals surface area contributed by atoms with Gasteiger partial charge in [0, 0.05) is 73.4 Å². The minimum atomic E-state index is 0.0655. The van der Waals surface area contributed by atoms with Crippen molar-refractivity contribution in [2.45, 2.75) is 97.7 Å². The van der Waals surface area contributed by atoms with Crippen LogP contribution in [0.4, 0.5) is 0 Å². The third-order valence-electron chi connectivity index (χ3n) is 11.3. The van der Waals surface area contributed by atoms with Crippen LogP contribution < -0.4 is 15.6 Å². The van der Waals surface area contributed by atoms with E-state index in [9.17, 15) is 4.79 Å². The van der Waals surface area contributed by atoms with Gasteiger partial charge in [-0.15, -0.1) is 0 Å². The molecule has 2 aromatic carbocycles. The van der Waals surface area contributed by atoms with Crippen molar-refractivity contribution in [1.29, 1.82) is 0 Å². The third kappa shape index (κ3) is 5.84. The molecule has 1 aliphatic carbocycles. The van der Waals surface area contributed by atoms with Crippen molar-refractivity contribution in [2.75, 3.05) is 33.3 Å². The lowest BCUT2D eigenvalue weighted by molar-refractivity contribution is 0.0982. The molecule has 1 N–H and O–H groups in total. The minimum Gasteiger partial charge on any atom is -0.496 e. The van der Waals surface area contributed by atoms with Gasteiger partial charge in [-0.2, -0.15) is 0 Å². The largest absolute Gasteiger partial charge is 0.496 e. The number of fused-ring (bicyclic) bond motifs is 1. The highest BCUT2D eigenvalue weighted by molar-refractivity contribution is 5.72. The maximum absolute atomic E-state index is 12.6. The van der Waals surface area contributed by atoms with Crippen LogP contribution in [0.15, 0.2) is 47.4 Å². The molecule has 1 saturated heterocycles. The van der Waals surface area contributed by atoms with Crippen LogP contribution >= 0.6 is 0 Å². The molecule has 3 aromatic rings. The summed E-state index contributed by atoms with van der Waals surface area (Å²) in [7, 11) is 3.65. The molecule has 2 fully saturated rings. The van der Waals surface area contributed by atoms with Gasteiger partial charge in [-0.3, -0.25) is 9.69 Å². The van der Waals surface area contributed by atoms with Crippen molar-refractivity contribution in [3.05, 3.63) is 91.9 Å². The van der Waals surface area contributed by atoms with Gasteiger partial charge >= 0.3 is 0 Å². The molecular formula is C40H54N4O2. The van der Waals surface area contributed by atoms with E-state index in [1.54, 1.807) is 17.2 Å². The van der Waals surface area contributed by atoms with E-state index in [0.29, 0.717) is 12.0 Å². The molecule has 1 aromatic heterocycles. The molecule has 2 atom stereocenters. The molecule has 2 aliphatic heterocycles. The molecule has 0 radical (unpaired) electrons. The second-order valence-electron chi connectivity index (χ2n) is 14.1. The van der Waals surface area contributed by atoms with E-state index in [4.69, 9.17) is 4.74 Å². The number of rotatable bonds is 9. The molecule has 0 bridgehead atoms. The summed E-state index contributed by atoms with van der Waals surface area (Å²) in [5.41, 5.74) is 12.9. The molecule has 3 aliphatic rings. The Morgan fingerprint density at radius 2 is 1.93 bits per heavy atom. The number of aryl methyl sites for hydroxylation is 1. The van der Waals surface area contributed by atoms with Crippen molar-refractivity contribution >= 4 is 5.70 Å². The Balaban J connectivity index is 1.32. The average molecular weight is 623 g/mol. The predicted octanol–water partition coefficient (Wildman–Crippen LogP) is 7.50. The summed E-state index contributed by atoms with van der Waals surface area (Å²) in [5.74, 6) is 1.35. The number of hydrogen-bond acceptors (Lipinski definition) is 5. The molecule has 1 saturated carbocycles. The fourth-order valence-corrected chi connectivity index (χ4v) is 8.08. The molecule has 0 amide bonds. The zero-order valence-corrected chi connectivity index (χ0v) is 29.4. The van der Waals surface area contributed by atoms with Gasteiger partial charge < -0.3 is 19.5 Å². The minimum absolute atomic E-state index is 0.0655. The number of nitrogens with zero attached hydrogens (tertiary/aromatic N) is 3. The Morgan fingerprint density at radius 1 is 1.15 bits per heavy atom. The Kier molecular flexibility index (Phi) is 9.24. The number of nitrogens with one attached hydrogen (secondary N) is 1. The van der Waals surface area contributed by atoms with Crippen LogP contribution in [0.5, 0.6) is 5.75 Å². The molecule has 6 rings (SSSR count). The number of piperazine rings is 1. The SMILES string of the molecule is CC/C=C(\c1cccc2c1CCNC2C)N1CCN(Cc2c(OC)cc(-c3cn(C)c(=O)c(C)c3C)cc2C(C)CC)CC12CC2. The second kappa shape index (κ2) is 13.0. The maximum Gasteiger partial charge on any atom is 0.253 e. The van der Waals surface area contributed by atoms with E-state index in [-0.39, 0.29) is 11.1 Å². The molecule has 2 unspecified atom stereocenters. The van der Waals surface area contributed by atoms with Crippen LogP contribution in [0.3, 0.4) is 0 Å². The van der Waals surface area contributed by atoms with Crippen molar-refractivity contribution < 1.29 is 4.74 Å².